The van der Waals surface area contributed by atoms with Crippen LogP contribution in [0, 0.1) is 6.92 Å². The number of ether oxygens (including phenoxy) is 1. The minimum Gasteiger partial charge on any atom is -0.462 e. The van der Waals surface area contributed by atoms with Gasteiger partial charge in [-0.25, -0.2) is 18.4 Å². The molecule has 10 heteroatoms. The molecule has 1 heterocycles. The first-order chi connectivity index (χ1) is 14.3. The molecule has 0 aliphatic carbocycles. The average molecular weight is 445 g/mol. The number of azo groups is 1. The molecule has 0 aliphatic heterocycles. The lowest BCUT2D eigenvalue weighted by molar-refractivity contribution is 0.0531. The largest absolute Gasteiger partial charge is 0.462 e. The van der Waals surface area contributed by atoms with Crippen LogP contribution in [-0.2, 0) is 14.8 Å². The zero-order valence-electron chi connectivity index (χ0n) is 16.3. The van der Waals surface area contributed by atoms with E-state index in [2.05, 4.69) is 15.5 Å². The van der Waals surface area contributed by atoms with E-state index in [9.17, 15) is 13.2 Å². The zero-order valence-corrected chi connectivity index (χ0v) is 18.0. The number of benzene rings is 2. The summed E-state index contributed by atoms with van der Waals surface area (Å²) < 4.78 is 27.9. The molecule has 0 atom stereocenters. The number of nitrogens with two attached hydrogens (primary N) is 1. The van der Waals surface area contributed by atoms with E-state index in [0.29, 0.717) is 26.8 Å². The predicted octanol–water partition coefficient (Wildman–Crippen LogP) is 5.04. The average Bonchev–Trinajstić information content (AvgIpc) is 3.02. The molecule has 0 saturated carbocycles. The van der Waals surface area contributed by atoms with Gasteiger partial charge < -0.3 is 10.1 Å². The van der Waals surface area contributed by atoms with Gasteiger partial charge in [-0.2, -0.15) is 5.11 Å². The van der Waals surface area contributed by atoms with Crippen molar-refractivity contribution in [3.05, 3.63) is 65.0 Å². The summed E-state index contributed by atoms with van der Waals surface area (Å²) in [5.41, 5.74) is 2.42. The molecule has 3 N–H and O–H groups in total. The van der Waals surface area contributed by atoms with Gasteiger partial charge in [-0.1, -0.05) is 18.2 Å². The van der Waals surface area contributed by atoms with Crippen molar-refractivity contribution in [2.24, 2.45) is 15.4 Å². The fraction of sp³-hybridized carbons (Fsp3) is 0.150. The molecule has 0 saturated heterocycles. The van der Waals surface area contributed by atoms with Crippen LogP contribution < -0.4 is 10.5 Å². The fourth-order valence-electron chi connectivity index (χ4n) is 2.56. The second kappa shape index (κ2) is 9.16. The van der Waals surface area contributed by atoms with E-state index in [-0.39, 0.29) is 11.5 Å². The van der Waals surface area contributed by atoms with Gasteiger partial charge in [-0.05, 0) is 50.2 Å². The first-order valence-corrected chi connectivity index (χ1v) is 11.3. The first-order valence-electron chi connectivity index (χ1n) is 8.96. The summed E-state index contributed by atoms with van der Waals surface area (Å²) in [4.78, 5) is 12.7. The molecule has 0 bridgehead atoms. The number of para-hydroxylation sites is 1. The maximum Gasteiger partial charge on any atom is 0.348 e. The van der Waals surface area contributed by atoms with E-state index in [1.807, 2.05) is 30.3 Å². The molecule has 3 rings (SSSR count). The Morgan fingerprint density at radius 1 is 1.10 bits per heavy atom. The maximum atomic E-state index is 12.3. The van der Waals surface area contributed by atoms with Crippen LogP contribution in [-0.4, -0.2) is 21.0 Å². The summed E-state index contributed by atoms with van der Waals surface area (Å²) in [6.45, 7) is 3.79. The highest BCUT2D eigenvalue weighted by atomic mass is 32.2. The van der Waals surface area contributed by atoms with Crippen molar-refractivity contribution >= 4 is 49.4 Å². The number of rotatable bonds is 7. The van der Waals surface area contributed by atoms with E-state index in [1.165, 1.54) is 35.6 Å². The highest BCUT2D eigenvalue weighted by molar-refractivity contribution is 7.89. The third kappa shape index (κ3) is 5.09. The number of primary sulfonamides is 1. The number of hydrogen-bond donors (Lipinski definition) is 2. The smallest absolute Gasteiger partial charge is 0.348 e. The summed E-state index contributed by atoms with van der Waals surface area (Å²) >= 11 is 1.23. The molecule has 2 aromatic carbocycles. The minimum atomic E-state index is -3.78. The van der Waals surface area contributed by atoms with Crippen LogP contribution in [0.1, 0.15) is 22.2 Å². The number of carbonyl (C=O) groups is 1. The second-order valence-corrected chi connectivity index (χ2v) is 8.77. The zero-order chi connectivity index (χ0) is 21.7. The lowest BCUT2D eigenvalue weighted by Gasteiger charge is -2.04. The topological polar surface area (TPSA) is 123 Å². The van der Waals surface area contributed by atoms with Crippen molar-refractivity contribution in [1.29, 1.82) is 0 Å². The van der Waals surface area contributed by atoms with Crippen molar-refractivity contribution in [2.45, 2.75) is 18.7 Å². The normalized spacial score (nSPS) is 11.6. The predicted molar refractivity (Wildman–Crippen MR) is 117 cm³/mol. The van der Waals surface area contributed by atoms with Crippen LogP contribution >= 0.6 is 11.3 Å². The molecule has 0 amide bonds. The summed E-state index contributed by atoms with van der Waals surface area (Å²) in [5.74, 6) is -0.421. The van der Waals surface area contributed by atoms with Gasteiger partial charge in [0.2, 0.25) is 10.0 Å². The van der Waals surface area contributed by atoms with Crippen LogP contribution in [0.5, 0.6) is 0 Å². The number of sulfonamides is 1. The molecule has 0 spiro atoms. The maximum absolute atomic E-state index is 12.3. The summed E-state index contributed by atoms with van der Waals surface area (Å²) in [6.07, 6.45) is 0. The van der Waals surface area contributed by atoms with Gasteiger partial charge in [-0.15, -0.1) is 16.5 Å². The van der Waals surface area contributed by atoms with Crippen molar-refractivity contribution in [3.63, 3.8) is 0 Å². The number of anilines is 2. The van der Waals surface area contributed by atoms with Crippen molar-refractivity contribution in [1.82, 2.24) is 0 Å². The molecule has 3 aromatic rings. The number of hydrogen-bond acceptors (Lipinski definition) is 8. The van der Waals surface area contributed by atoms with Crippen molar-refractivity contribution in [3.8, 4) is 0 Å². The van der Waals surface area contributed by atoms with Gasteiger partial charge in [0.1, 0.15) is 15.6 Å². The number of nitrogens with one attached hydrogen (secondary N) is 1. The second-order valence-electron chi connectivity index (χ2n) is 6.18. The molecular formula is C20H20N4O4S2. The van der Waals surface area contributed by atoms with Gasteiger partial charge in [0.25, 0.3) is 0 Å². The highest BCUT2D eigenvalue weighted by Gasteiger charge is 2.21. The third-order valence-electron chi connectivity index (χ3n) is 4.04. The summed E-state index contributed by atoms with van der Waals surface area (Å²) in [5, 5.41) is 17.5. The monoisotopic (exact) mass is 444 g/mol. The van der Waals surface area contributed by atoms with E-state index >= 15 is 0 Å². The van der Waals surface area contributed by atoms with Gasteiger partial charge in [0, 0.05) is 11.3 Å². The molecule has 0 radical (unpaired) electrons. The Morgan fingerprint density at radius 2 is 1.77 bits per heavy atom. The highest BCUT2D eigenvalue weighted by Crippen LogP contribution is 2.42. The Kier molecular flexibility index (Phi) is 6.60. The molecule has 1 aromatic heterocycles. The molecule has 0 unspecified atom stereocenters. The SMILES string of the molecule is CCOC(=O)c1sc(Nc2ccccc2)c(N=Nc2ccc(S(N)(=O)=O)cc2)c1C. The van der Waals surface area contributed by atoms with E-state index < -0.39 is 16.0 Å². The van der Waals surface area contributed by atoms with E-state index in [1.54, 1.807) is 13.8 Å². The Labute approximate surface area is 178 Å². The Bertz CT molecular complexity index is 1170. The Morgan fingerprint density at radius 3 is 2.37 bits per heavy atom. The number of carbonyl (C=O) groups excluding carboxylic acids is 1. The molecule has 0 fully saturated rings. The van der Waals surface area contributed by atoms with Crippen LogP contribution in [0.3, 0.4) is 0 Å². The van der Waals surface area contributed by atoms with Gasteiger partial charge >= 0.3 is 5.97 Å². The molecule has 8 nitrogen and oxygen atoms in total. The van der Waals surface area contributed by atoms with Crippen LogP contribution in [0.2, 0.25) is 0 Å². The minimum absolute atomic E-state index is 0.0100. The lowest BCUT2D eigenvalue weighted by atomic mass is 10.2. The third-order valence-corrected chi connectivity index (χ3v) is 6.14. The molecule has 156 valence electrons. The van der Waals surface area contributed by atoms with E-state index in [0.717, 1.165) is 5.69 Å². The number of thiophene rings is 1. The molecule has 0 aliphatic rings. The summed E-state index contributed by atoms with van der Waals surface area (Å²) in [7, 11) is -3.78. The molecular weight excluding hydrogens is 424 g/mol. The quantitative estimate of drug-likeness (QED) is 0.390. The standard InChI is InChI=1S/C20H20N4O4S2/c1-3-28-20(25)18-13(2)17(19(29-18)22-14-7-5-4-6-8-14)24-23-15-9-11-16(12-10-15)30(21,26)27/h4-12,22H,3H2,1-2H3,(H2,21,26,27). The Hall–Kier alpha value is -3.08. The fourth-order valence-corrected chi connectivity index (χ4v) is 4.14. The van der Waals surface area contributed by atoms with Crippen molar-refractivity contribution in [2.75, 3.05) is 11.9 Å². The first kappa shape index (κ1) is 21.6. The van der Waals surface area contributed by atoms with Crippen molar-refractivity contribution < 1.29 is 17.9 Å². The van der Waals surface area contributed by atoms with Gasteiger partial charge in [-0.3, -0.25) is 0 Å². The number of esters is 1. The van der Waals surface area contributed by atoms with Gasteiger partial charge in [0.15, 0.2) is 0 Å². The number of nitrogens with zero attached hydrogens (tertiary/aromatic N) is 2. The van der Waals surface area contributed by atoms with Crippen LogP contribution in [0.25, 0.3) is 0 Å². The lowest BCUT2D eigenvalue weighted by Crippen LogP contribution is -2.11. The van der Waals surface area contributed by atoms with Crippen LogP contribution in [0.15, 0.2) is 69.7 Å². The Balaban J connectivity index is 1.96. The van der Waals surface area contributed by atoms with Gasteiger partial charge in [0.05, 0.1) is 17.2 Å². The summed E-state index contributed by atoms with van der Waals surface area (Å²) in [6, 6.07) is 15.2. The van der Waals surface area contributed by atoms with Crippen LogP contribution in [0.4, 0.5) is 22.1 Å². The van der Waals surface area contributed by atoms with E-state index in [4.69, 9.17) is 9.88 Å². The molecule has 30 heavy (non-hydrogen) atoms.